The van der Waals surface area contributed by atoms with Crippen molar-refractivity contribution in [1.82, 2.24) is 0 Å². The van der Waals surface area contributed by atoms with Crippen LogP contribution in [-0.4, -0.2) is 0 Å². The third-order valence-corrected chi connectivity index (χ3v) is 3.48. The van der Waals surface area contributed by atoms with E-state index in [-0.39, 0.29) is 10.8 Å². The largest absolute Gasteiger partial charge is 0.324 e. The highest BCUT2D eigenvalue weighted by molar-refractivity contribution is 6.31. The minimum absolute atomic E-state index is 0.0123. The molecule has 1 unspecified atom stereocenters. The first-order valence-electron chi connectivity index (χ1n) is 5.62. The lowest BCUT2D eigenvalue weighted by Crippen LogP contribution is -2.14. The van der Waals surface area contributed by atoms with Crippen LogP contribution < -0.4 is 5.73 Å². The summed E-state index contributed by atoms with van der Waals surface area (Å²) in [6, 6.07) is 7.95. The van der Waals surface area contributed by atoms with E-state index in [9.17, 15) is 8.78 Å². The molecule has 0 heterocycles. The first-order valence-corrected chi connectivity index (χ1v) is 6.37. The van der Waals surface area contributed by atoms with Gasteiger partial charge in [0.1, 0.15) is 11.6 Å². The monoisotopic (exact) mass is 301 g/mol. The van der Waals surface area contributed by atoms with Gasteiger partial charge in [-0.25, -0.2) is 8.78 Å². The predicted octanol–water partition coefficient (Wildman–Crippen LogP) is 4.51. The number of hydrogen-bond acceptors (Lipinski definition) is 1. The summed E-state index contributed by atoms with van der Waals surface area (Å²) < 4.78 is 26.2. The van der Waals surface area contributed by atoms with Crippen molar-refractivity contribution < 1.29 is 8.78 Å². The van der Waals surface area contributed by atoms with Crippen molar-refractivity contribution in [3.63, 3.8) is 0 Å². The van der Waals surface area contributed by atoms with Gasteiger partial charge in [-0.2, -0.15) is 0 Å². The predicted molar refractivity (Wildman–Crippen MR) is 73.5 cm³/mol. The van der Waals surface area contributed by atoms with Crippen molar-refractivity contribution in [3.8, 4) is 0 Å². The van der Waals surface area contributed by atoms with Gasteiger partial charge in [-0.15, -0.1) is 0 Å². The molecule has 2 N–H and O–H groups in total. The van der Waals surface area contributed by atoms with Crippen LogP contribution in [0.2, 0.25) is 10.0 Å². The summed E-state index contributed by atoms with van der Waals surface area (Å²) in [5.41, 5.74) is 7.28. The van der Waals surface area contributed by atoms with E-state index in [1.54, 1.807) is 6.07 Å². The van der Waals surface area contributed by atoms with Gasteiger partial charge in [0.25, 0.3) is 0 Å². The molecule has 0 aliphatic heterocycles. The summed E-state index contributed by atoms with van der Waals surface area (Å²) in [4.78, 5) is 0. The minimum Gasteiger partial charge on any atom is -0.324 e. The van der Waals surface area contributed by atoms with Crippen molar-refractivity contribution >= 4 is 23.2 Å². The summed E-state index contributed by atoms with van der Waals surface area (Å²) in [5.74, 6) is -0.870. The topological polar surface area (TPSA) is 26.0 Å². The standard InChI is InChI=1S/C14H11Cl2F2N/c15-11-3-2-10(17)5-9(11)7-14(19)8-1-4-13(18)12(16)6-8/h1-6,14H,7,19H2. The second-order valence-electron chi connectivity index (χ2n) is 4.22. The van der Waals surface area contributed by atoms with Crippen LogP contribution in [0.15, 0.2) is 36.4 Å². The molecular weight excluding hydrogens is 291 g/mol. The molecule has 0 fully saturated rings. The summed E-state index contributed by atoms with van der Waals surface area (Å²) in [7, 11) is 0. The Morgan fingerprint density at radius 2 is 1.74 bits per heavy atom. The quantitative estimate of drug-likeness (QED) is 0.886. The first kappa shape index (κ1) is 14.3. The van der Waals surface area contributed by atoms with Gasteiger partial charge < -0.3 is 5.73 Å². The van der Waals surface area contributed by atoms with Crippen LogP contribution in [0.5, 0.6) is 0 Å². The Labute approximate surface area is 119 Å². The second-order valence-corrected chi connectivity index (χ2v) is 5.03. The Hall–Kier alpha value is -1.16. The number of nitrogens with two attached hydrogens (primary N) is 1. The normalized spacial score (nSPS) is 12.5. The Balaban J connectivity index is 2.22. The smallest absolute Gasteiger partial charge is 0.141 e. The Morgan fingerprint density at radius 3 is 2.42 bits per heavy atom. The first-order chi connectivity index (χ1) is 8.97. The summed E-state index contributed by atoms with van der Waals surface area (Å²) in [6.45, 7) is 0. The van der Waals surface area contributed by atoms with E-state index in [2.05, 4.69) is 0 Å². The third-order valence-electron chi connectivity index (χ3n) is 2.82. The molecule has 0 aliphatic carbocycles. The van der Waals surface area contributed by atoms with E-state index in [0.29, 0.717) is 22.6 Å². The molecule has 0 saturated carbocycles. The van der Waals surface area contributed by atoms with Crippen molar-refractivity contribution in [2.45, 2.75) is 12.5 Å². The van der Waals surface area contributed by atoms with E-state index in [1.807, 2.05) is 0 Å². The molecule has 0 saturated heterocycles. The lowest BCUT2D eigenvalue weighted by Gasteiger charge is -2.14. The second kappa shape index (κ2) is 5.87. The van der Waals surface area contributed by atoms with Crippen LogP contribution in [0.3, 0.4) is 0 Å². The van der Waals surface area contributed by atoms with Crippen LogP contribution >= 0.6 is 23.2 Å². The van der Waals surface area contributed by atoms with Gasteiger partial charge in [-0.1, -0.05) is 29.3 Å². The molecule has 2 rings (SSSR count). The summed E-state index contributed by atoms with van der Waals surface area (Å²) >= 11 is 11.7. The van der Waals surface area contributed by atoms with Crippen molar-refractivity contribution in [2.75, 3.05) is 0 Å². The van der Waals surface area contributed by atoms with Gasteiger partial charge in [0.15, 0.2) is 0 Å². The molecule has 2 aromatic carbocycles. The third kappa shape index (κ3) is 3.44. The SMILES string of the molecule is NC(Cc1cc(F)ccc1Cl)c1ccc(F)c(Cl)c1. The molecule has 100 valence electrons. The molecule has 0 amide bonds. The number of rotatable bonds is 3. The van der Waals surface area contributed by atoms with E-state index < -0.39 is 11.9 Å². The van der Waals surface area contributed by atoms with Gasteiger partial charge in [-0.05, 0) is 47.9 Å². The maximum absolute atomic E-state index is 13.1. The van der Waals surface area contributed by atoms with E-state index in [1.165, 1.54) is 30.3 Å². The van der Waals surface area contributed by atoms with Crippen LogP contribution in [-0.2, 0) is 6.42 Å². The van der Waals surface area contributed by atoms with Gasteiger partial charge >= 0.3 is 0 Å². The molecule has 0 aromatic heterocycles. The van der Waals surface area contributed by atoms with Crippen LogP contribution in [0, 0.1) is 11.6 Å². The number of hydrogen-bond donors (Lipinski definition) is 1. The van der Waals surface area contributed by atoms with Crippen LogP contribution in [0.1, 0.15) is 17.2 Å². The minimum atomic E-state index is -0.499. The molecule has 1 atom stereocenters. The fraction of sp³-hybridized carbons (Fsp3) is 0.143. The molecule has 19 heavy (non-hydrogen) atoms. The fourth-order valence-electron chi connectivity index (χ4n) is 1.80. The highest BCUT2D eigenvalue weighted by atomic mass is 35.5. The Kier molecular flexibility index (Phi) is 4.40. The molecule has 0 bridgehead atoms. The molecular formula is C14H11Cl2F2N. The molecule has 0 spiro atoms. The maximum Gasteiger partial charge on any atom is 0.141 e. The number of halogens is 4. The van der Waals surface area contributed by atoms with Gasteiger partial charge in [0, 0.05) is 11.1 Å². The molecule has 5 heteroatoms. The molecule has 1 nitrogen and oxygen atoms in total. The Bertz CT molecular complexity index is 602. The van der Waals surface area contributed by atoms with Crippen molar-refractivity contribution in [2.24, 2.45) is 5.73 Å². The average molecular weight is 302 g/mol. The maximum atomic E-state index is 13.1. The molecule has 0 radical (unpaired) electrons. The summed E-state index contributed by atoms with van der Waals surface area (Å²) in [5, 5.41) is 0.461. The van der Waals surface area contributed by atoms with Gasteiger partial charge in [0.2, 0.25) is 0 Å². The van der Waals surface area contributed by atoms with Crippen molar-refractivity contribution in [1.29, 1.82) is 0 Å². The van der Waals surface area contributed by atoms with E-state index >= 15 is 0 Å². The lowest BCUT2D eigenvalue weighted by molar-refractivity contribution is 0.620. The summed E-state index contributed by atoms with van der Waals surface area (Å²) in [6.07, 6.45) is 0.346. The molecule has 2 aromatic rings. The van der Waals surface area contributed by atoms with Crippen molar-refractivity contribution in [3.05, 3.63) is 69.2 Å². The van der Waals surface area contributed by atoms with E-state index in [4.69, 9.17) is 28.9 Å². The molecule has 0 aliphatic rings. The Morgan fingerprint density at radius 1 is 1.00 bits per heavy atom. The highest BCUT2D eigenvalue weighted by Crippen LogP contribution is 2.25. The average Bonchev–Trinajstić information content (AvgIpc) is 2.37. The zero-order valence-electron chi connectivity index (χ0n) is 9.84. The fourth-order valence-corrected chi connectivity index (χ4v) is 2.18. The van der Waals surface area contributed by atoms with Gasteiger partial charge in [-0.3, -0.25) is 0 Å². The van der Waals surface area contributed by atoms with Crippen LogP contribution in [0.25, 0.3) is 0 Å². The van der Waals surface area contributed by atoms with E-state index in [0.717, 1.165) is 0 Å². The lowest BCUT2D eigenvalue weighted by atomic mass is 9.99. The van der Waals surface area contributed by atoms with Crippen LogP contribution in [0.4, 0.5) is 8.78 Å². The zero-order valence-corrected chi connectivity index (χ0v) is 11.3. The number of benzene rings is 2. The van der Waals surface area contributed by atoms with Gasteiger partial charge in [0.05, 0.1) is 5.02 Å². The highest BCUT2D eigenvalue weighted by Gasteiger charge is 2.12. The zero-order chi connectivity index (χ0) is 14.0.